The molecule has 17 heavy (non-hydrogen) atoms. The molecule has 2 nitrogen and oxygen atoms in total. The lowest BCUT2D eigenvalue weighted by Crippen LogP contribution is -2.33. The van der Waals surface area contributed by atoms with Gasteiger partial charge in [-0.25, -0.2) is 0 Å². The van der Waals surface area contributed by atoms with E-state index in [9.17, 15) is 4.79 Å². The van der Waals surface area contributed by atoms with Gasteiger partial charge in [-0.15, -0.1) is 0 Å². The lowest BCUT2D eigenvalue weighted by molar-refractivity contribution is 0.0533. The summed E-state index contributed by atoms with van der Waals surface area (Å²) >= 11 is 2.36. The minimum Gasteiger partial charge on any atom is -0.384 e. The van der Waals surface area contributed by atoms with E-state index in [2.05, 4.69) is 28.7 Å². The summed E-state index contributed by atoms with van der Waals surface area (Å²) in [6, 6.07) is 7.96. The molecular weight excluding hydrogens is 327 g/mol. The van der Waals surface area contributed by atoms with E-state index in [0.717, 1.165) is 29.3 Å². The van der Waals surface area contributed by atoms with E-state index in [0.29, 0.717) is 6.61 Å². The molecule has 2 rings (SSSR count). The molecule has 0 radical (unpaired) electrons. The number of halogens is 1. The molecule has 1 atom stereocenters. The van der Waals surface area contributed by atoms with Crippen LogP contribution in [0, 0.1) is 5.41 Å². The van der Waals surface area contributed by atoms with Crippen LogP contribution < -0.4 is 0 Å². The van der Waals surface area contributed by atoms with Crippen LogP contribution in [0.4, 0.5) is 0 Å². The molecule has 0 aliphatic heterocycles. The molecule has 0 saturated carbocycles. The molecule has 1 aliphatic carbocycles. The highest BCUT2D eigenvalue weighted by Gasteiger charge is 2.44. The van der Waals surface area contributed by atoms with Crippen molar-refractivity contribution in [1.82, 2.24) is 0 Å². The van der Waals surface area contributed by atoms with Crippen LogP contribution in [0.2, 0.25) is 0 Å². The summed E-state index contributed by atoms with van der Waals surface area (Å²) in [6.45, 7) is 0.539. The third-order valence-electron chi connectivity index (χ3n) is 3.48. The quantitative estimate of drug-likeness (QED) is 0.605. The maximum atomic E-state index is 12.5. The molecule has 0 bridgehead atoms. The Hall–Kier alpha value is -0.420. The maximum Gasteiger partial charge on any atom is 0.171 e. The van der Waals surface area contributed by atoms with Gasteiger partial charge in [0.1, 0.15) is 0 Å². The van der Waals surface area contributed by atoms with Crippen LogP contribution in [0.25, 0.3) is 0 Å². The average molecular weight is 344 g/mol. The van der Waals surface area contributed by atoms with E-state index in [1.165, 1.54) is 5.56 Å². The molecule has 0 amide bonds. The van der Waals surface area contributed by atoms with Gasteiger partial charge in [0, 0.05) is 12.7 Å². The summed E-state index contributed by atoms with van der Waals surface area (Å²) in [5.74, 6) is 0.278. The van der Waals surface area contributed by atoms with Gasteiger partial charge in [0.25, 0.3) is 0 Å². The normalized spacial score (nSPS) is 22.8. The Morgan fingerprint density at radius 2 is 2.18 bits per heavy atom. The predicted molar refractivity (Wildman–Crippen MR) is 76.9 cm³/mol. The van der Waals surface area contributed by atoms with Gasteiger partial charge in [0.2, 0.25) is 0 Å². The summed E-state index contributed by atoms with van der Waals surface area (Å²) in [4.78, 5) is 12.5. The van der Waals surface area contributed by atoms with Gasteiger partial charge in [-0.05, 0) is 29.3 Å². The largest absolute Gasteiger partial charge is 0.384 e. The molecule has 0 unspecified atom stereocenters. The zero-order valence-electron chi connectivity index (χ0n) is 10.0. The van der Waals surface area contributed by atoms with Crippen LogP contribution >= 0.6 is 22.6 Å². The number of carbonyl (C=O) groups is 1. The van der Waals surface area contributed by atoms with Crippen molar-refractivity contribution >= 4 is 28.4 Å². The number of hydrogen-bond acceptors (Lipinski definition) is 2. The molecule has 3 heteroatoms. The highest BCUT2D eigenvalue weighted by molar-refractivity contribution is 14.1. The predicted octanol–water partition coefficient (Wildman–Crippen LogP) is 3.27. The van der Waals surface area contributed by atoms with Gasteiger partial charge in [0.15, 0.2) is 5.78 Å². The van der Waals surface area contributed by atoms with E-state index in [1.807, 2.05) is 18.2 Å². The van der Waals surface area contributed by atoms with Crippen molar-refractivity contribution < 1.29 is 9.53 Å². The molecule has 1 aromatic rings. The fourth-order valence-electron chi connectivity index (χ4n) is 2.70. The molecule has 0 aromatic heterocycles. The SMILES string of the molecule is COC[C@@]1(CCCI)Cc2ccccc2C1=O. The van der Waals surface area contributed by atoms with Gasteiger partial charge >= 0.3 is 0 Å². The van der Waals surface area contributed by atoms with Crippen LogP contribution in [0.5, 0.6) is 0 Å². The van der Waals surface area contributed by atoms with Gasteiger partial charge < -0.3 is 4.74 Å². The minimum absolute atomic E-state index is 0.278. The average Bonchev–Trinajstić information content (AvgIpc) is 2.62. The van der Waals surface area contributed by atoms with Crippen molar-refractivity contribution in [3.63, 3.8) is 0 Å². The number of alkyl halides is 1. The molecule has 0 saturated heterocycles. The van der Waals surface area contributed by atoms with E-state index in [1.54, 1.807) is 7.11 Å². The first-order chi connectivity index (χ1) is 8.23. The number of Topliss-reactive ketones (excluding diaryl/α,β-unsaturated/α-hetero) is 1. The lowest BCUT2D eigenvalue weighted by atomic mass is 9.80. The Morgan fingerprint density at radius 3 is 2.82 bits per heavy atom. The summed E-state index contributed by atoms with van der Waals surface area (Å²) in [7, 11) is 1.68. The van der Waals surface area contributed by atoms with Crippen molar-refractivity contribution in [2.24, 2.45) is 5.41 Å². The van der Waals surface area contributed by atoms with Crippen LogP contribution in [0.3, 0.4) is 0 Å². The van der Waals surface area contributed by atoms with Gasteiger partial charge in [-0.2, -0.15) is 0 Å². The number of ether oxygens (including phenoxy) is 1. The van der Waals surface area contributed by atoms with Gasteiger partial charge in [-0.1, -0.05) is 46.9 Å². The molecule has 92 valence electrons. The van der Waals surface area contributed by atoms with E-state index in [4.69, 9.17) is 4.74 Å². The van der Waals surface area contributed by atoms with Gasteiger partial charge in [-0.3, -0.25) is 4.79 Å². The molecular formula is C14H17IO2. The van der Waals surface area contributed by atoms with Crippen LogP contribution in [0.1, 0.15) is 28.8 Å². The summed E-state index contributed by atoms with van der Waals surface area (Å²) in [5.41, 5.74) is 1.78. The topological polar surface area (TPSA) is 26.3 Å². The zero-order valence-corrected chi connectivity index (χ0v) is 12.2. The number of benzene rings is 1. The maximum absolute atomic E-state index is 12.5. The van der Waals surface area contributed by atoms with Crippen LogP contribution in [-0.2, 0) is 11.2 Å². The van der Waals surface area contributed by atoms with Crippen LogP contribution in [0.15, 0.2) is 24.3 Å². The van der Waals surface area contributed by atoms with E-state index < -0.39 is 0 Å². The fraction of sp³-hybridized carbons (Fsp3) is 0.500. The molecule has 0 spiro atoms. The summed E-state index contributed by atoms with van der Waals surface area (Å²) in [5, 5.41) is 0. The van der Waals surface area contributed by atoms with E-state index >= 15 is 0 Å². The van der Waals surface area contributed by atoms with Crippen molar-refractivity contribution in [2.45, 2.75) is 19.3 Å². The molecule has 0 heterocycles. The number of ketones is 1. The Morgan fingerprint density at radius 1 is 1.41 bits per heavy atom. The molecule has 0 fully saturated rings. The molecule has 1 aromatic carbocycles. The van der Waals surface area contributed by atoms with E-state index in [-0.39, 0.29) is 11.2 Å². The van der Waals surface area contributed by atoms with Crippen molar-refractivity contribution in [3.05, 3.63) is 35.4 Å². The Labute approximate surface area is 116 Å². The number of methoxy groups -OCH3 is 1. The first kappa shape index (κ1) is 13.0. The van der Waals surface area contributed by atoms with Crippen LogP contribution in [-0.4, -0.2) is 23.9 Å². The second-order valence-electron chi connectivity index (χ2n) is 4.67. The second kappa shape index (κ2) is 5.48. The zero-order chi connectivity index (χ0) is 12.3. The number of rotatable bonds is 5. The monoisotopic (exact) mass is 344 g/mol. The Kier molecular flexibility index (Phi) is 4.20. The molecule has 1 aliphatic rings. The fourth-order valence-corrected chi connectivity index (χ4v) is 3.08. The summed E-state index contributed by atoms with van der Waals surface area (Å²) < 4.78 is 6.39. The highest BCUT2D eigenvalue weighted by Crippen LogP contribution is 2.40. The Balaban J connectivity index is 2.29. The van der Waals surface area contributed by atoms with Crippen molar-refractivity contribution in [3.8, 4) is 0 Å². The number of fused-ring (bicyclic) bond motifs is 1. The second-order valence-corrected chi connectivity index (χ2v) is 5.75. The number of carbonyl (C=O) groups excluding carboxylic acids is 1. The first-order valence-electron chi connectivity index (χ1n) is 5.91. The molecule has 0 N–H and O–H groups in total. The minimum atomic E-state index is -0.302. The Bertz CT molecular complexity index is 416. The third-order valence-corrected chi connectivity index (χ3v) is 4.24. The summed E-state index contributed by atoms with van der Waals surface area (Å²) in [6.07, 6.45) is 2.84. The third kappa shape index (κ3) is 2.40. The first-order valence-corrected chi connectivity index (χ1v) is 7.44. The highest BCUT2D eigenvalue weighted by atomic mass is 127. The van der Waals surface area contributed by atoms with Crippen molar-refractivity contribution in [2.75, 3.05) is 18.1 Å². The lowest BCUT2D eigenvalue weighted by Gasteiger charge is -2.26. The number of hydrogen-bond donors (Lipinski definition) is 0. The smallest absolute Gasteiger partial charge is 0.171 e. The van der Waals surface area contributed by atoms with Crippen molar-refractivity contribution in [1.29, 1.82) is 0 Å². The standard InChI is InChI=1S/C14H17IO2/c1-17-10-14(7-4-8-15)9-11-5-2-3-6-12(11)13(14)16/h2-3,5-6H,4,7-10H2,1H3/t14-/m1/s1. The van der Waals surface area contributed by atoms with Gasteiger partial charge in [0.05, 0.1) is 12.0 Å².